The van der Waals surface area contributed by atoms with Crippen molar-refractivity contribution in [3.05, 3.63) is 0 Å². The minimum Gasteiger partial charge on any atom is -0.394 e. The van der Waals surface area contributed by atoms with E-state index in [0.29, 0.717) is 0 Å². The van der Waals surface area contributed by atoms with E-state index in [9.17, 15) is 9.36 Å². The Balaban J connectivity index is 4.57. The van der Waals surface area contributed by atoms with Crippen LogP contribution in [-0.4, -0.2) is 56.3 Å². The Labute approximate surface area is 79.0 Å². The van der Waals surface area contributed by atoms with E-state index in [1.807, 2.05) is 0 Å². The highest BCUT2D eigenvalue weighted by molar-refractivity contribution is 7.46. The molecular formula is C5H11O8P. The molecular weight excluding hydrogens is 219 g/mol. The van der Waals surface area contributed by atoms with Crippen LogP contribution >= 0.6 is 7.82 Å². The maximum atomic E-state index is 10.8. The van der Waals surface area contributed by atoms with Crippen LogP contribution in [0.4, 0.5) is 0 Å². The Kier molecular flexibility index (Phi) is 5.38. The molecule has 0 aromatic heterocycles. The molecule has 0 aliphatic rings. The third kappa shape index (κ3) is 4.77. The number of hydrogen-bond donors (Lipinski definition) is 5. The van der Waals surface area contributed by atoms with Crippen LogP contribution in [0.3, 0.4) is 0 Å². The van der Waals surface area contributed by atoms with Crippen LogP contribution in [0, 0.1) is 0 Å². The molecule has 0 fully saturated rings. The van der Waals surface area contributed by atoms with E-state index in [0.717, 1.165) is 0 Å². The Bertz CT molecular complexity index is 234. The van der Waals surface area contributed by atoms with Gasteiger partial charge in [0.2, 0.25) is 0 Å². The normalized spacial score (nSPS) is 16.4. The van der Waals surface area contributed by atoms with Crippen LogP contribution in [0.15, 0.2) is 0 Å². The van der Waals surface area contributed by atoms with Gasteiger partial charge in [-0.15, -0.1) is 0 Å². The Hall–Kier alpha value is -0.340. The van der Waals surface area contributed by atoms with Crippen LogP contribution < -0.4 is 0 Å². The largest absolute Gasteiger partial charge is 0.470 e. The zero-order chi connectivity index (χ0) is 11.4. The lowest BCUT2D eigenvalue weighted by molar-refractivity contribution is -0.136. The first-order valence-corrected chi connectivity index (χ1v) is 5.01. The fraction of sp³-hybridized carbons (Fsp3) is 0.800. The number of aliphatic hydroxyl groups excluding tert-OH is 3. The second-order valence-electron chi connectivity index (χ2n) is 2.39. The Morgan fingerprint density at radius 3 is 2.14 bits per heavy atom. The lowest BCUT2D eigenvalue weighted by Gasteiger charge is -2.19. The molecule has 0 saturated heterocycles. The van der Waals surface area contributed by atoms with Crippen molar-refractivity contribution < 1.29 is 39.0 Å². The lowest BCUT2D eigenvalue weighted by atomic mass is 10.1. The summed E-state index contributed by atoms with van der Waals surface area (Å²) >= 11 is 0. The average Bonchev–Trinajstić information content (AvgIpc) is 2.10. The summed E-state index contributed by atoms with van der Waals surface area (Å²) in [4.78, 5) is 27.5. The van der Waals surface area contributed by atoms with E-state index in [2.05, 4.69) is 4.52 Å². The number of aliphatic hydroxyl groups is 3. The van der Waals surface area contributed by atoms with Crippen LogP contribution in [0.1, 0.15) is 0 Å². The van der Waals surface area contributed by atoms with E-state index in [4.69, 9.17) is 25.1 Å². The maximum Gasteiger partial charge on any atom is 0.470 e. The van der Waals surface area contributed by atoms with Crippen molar-refractivity contribution >= 4 is 13.6 Å². The standard InChI is InChI=1S/C5H11O8P/c6-1-3(8)5(4(9)2-7)13-14(10,11)12/h3,5-8H,1-2H2,(H2,10,11,12)/t3-,5+/m1/s1. The van der Waals surface area contributed by atoms with Crippen molar-refractivity contribution in [3.8, 4) is 0 Å². The molecule has 84 valence electrons. The smallest absolute Gasteiger partial charge is 0.394 e. The number of ketones is 1. The summed E-state index contributed by atoms with van der Waals surface area (Å²) < 4.78 is 14.2. The second kappa shape index (κ2) is 5.52. The van der Waals surface area contributed by atoms with Gasteiger partial charge in [0.05, 0.1) is 6.61 Å². The number of phosphoric ester groups is 1. The Morgan fingerprint density at radius 1 is 1.36 bits per heavy atom. The number of carbonyl (C=O) groups is 1. The topological polar surface area (TPSA) is 145 Å². The van der Waals surface area contributed by atoms with E-state index in [1.165, 1.54) is 0 Å². The molecule has 0 radical (unpaired) electrons. The number of carbonyl (C=O) groups excluding carboxylic acids is 1. The molecule has 0 aliphatic carbocycles. The summed E-state index contributed by atoms with van der Waals surface area (Å²) in [5.41, 5.74) is 0. The van der Waals surface area contributed by atoms with Gasteiger partial charge >= 0.3 is 7.82 Å². The van der Waals surface area contributed by atoms with Gasteiger partial charge < -0.3 is 25.1 Å². The third-order valence-electron chi connectivity index (χ3n) is 1.26. The minimum absolute atomic E-state index is 0.920. The number of hydrogen-bond acceptors (Lipinski definition) is 6. The molecule has 9 heteroatoms. The molecule has 0 aliphatic heterocycles. The summed E-state index contributed by atoms with van der Waals surface area (Å²) in [7, 11) is -4.96. The highest BCUT2D eigenvalue weighted by atomic mass is 31.2. The monoisotopic (exact) mass is 230 g/mol. The third-order valence-corrected chi connectivity index (χ3v) is 1.76. The van der Waals surface area contributed by atoms with E-state index < -0.39 is 39.0 Å². The van der Waals surface area contributed by atoms with Crippen LogP contribution in [0.25, 0.3) is 0 Å². The molecule has 0 rings (SSSR count). The molecule has 0 aromatic rings. The molecule has 14 heavy (non-hydrogen) atoms. The molecule has 0 saturated carbocycles. The van der Waals surface area contributed by atoms with Gasteiger partial charge in [-0.3, -0.25) is 9.32 Å². The fourth-order valence-corrected chi connectivity index (χ4v) is 1.23. The number of rotatable bonds is 6. The van der Waals surface area contributed by atoms with Gasteiger partial charge in [-0.1, -0.05) is 0 Å². The van der Waals surface area contributed by atoms with Gasteiger partial charge in [0.1, 0.15) is 12.7 Å². The van der Waals surface area contributed by atoms with Crippen molar-refractivity contribution in [1.29, 1.82) is 0 Å². The molecule has 8 nitrogen and oxygen atoms in total. The van der Waals surface area contributed by atoms with Crippen LogP contribution in [0.5, 0.6) is 0 Å². The fourth-order valence-electron chi connectivity index (χ4n) is 0.677. The first kappa shape index (κ1) is 13.7. The van der Waals surface area contributed by atoms with Crippen molar-refractivity contribution in [2.45, 2.75) is 12.2 Å². The SMILES string of the molecule is O=C(CO)[C@@H](OP(=O)(O)O)[C@H](O)CO. The summed E-state index contributed by atoms with van der Waals surface area (Å²) in [6, 6.07) is 0. The predicted molar refractivity (Wildman–Crippen MR) is 42.1 cm³/mol. The van der Waals surface area contributed by atoms with E-state index in [-0.39, 0.29) is 0 Å². The summed E-state index contributed by atoms with van der Waals surface area (Å²) in [6.45, 7) is -1.97. The predicted octanol–water partition coefficient (Wildman–Crippen LogP) is -2.62. The second-order valence-corrected chi connectivity index (χ2v) is 3.58. The highest BCUT2D eigenvalue weighted by Crippen LogP contribution is 2.38. The van der Waals surface area contributed by atoms with Gasteiger partial charge in [0.15, 0.2) is 11.9 Å². The summed E-state index contributed by atoms with van der Waals surface area (Å²) in [5.74, 6) is -1.13. The molecule has 0 heterocycles. The Morgan fingerprint density at radius 2 is 1.86 bits per heavy atom. The van der Waals surface area contributed by atoms with Gasteiger partial charge in [0, 0.05) is 0 Å². The zero-order valence-corrected chi connectivity index (χ0v) is 7.87. The lowest BCUT2D eigenvalue weighted by Crippen LogP contribution is -2.39. The van der Waals surface area contributed by atoms with Crippen molar-refractivity contribution in [3.63, 3.8) is 0 Å². The van der Waals surface area contributed by atoms with Crippen molar-refractivity contribution in [1.82, 2.24) is 0 Å². The first-order chi connectivity index (χ1) is 6.31. The van der Waals surface area contributed by atoms with E-state index in [1.54, 1.807) is 0 Å². The molecule has 2 atom stereocenters. The summed E-state index contributed by atoms with van der Waals surface area (Å²) in [5, 5.41) is 25.7. The maximum absolute atomic E-state index is 10.8. The molecule has 0 aromatic carbocycles. The molecule has 0 spiro atoms. The van der Waals surface area contributed by atoms with Gasteiger partial charge in [-0.25, -0.2) is 4.57 Å². The zero-order valence-electron chi connectivity index (χ0n) is 6.98. The quantitative estimate of drug-likeness (QED) is 0.312. The molecule has 0 unspecified atom stereocenters. The average molecular weight is 230 g/mol. The summed E-state index contributed by atoms with van der Waals surface area (Å²) in [6.07, 6.45) is -3.73. The van der Waals surface area contributed by atoms with Gasteiger partial charge in [0.25, 0.3) is 0 Å². The van der Waals surface area contributed by atoms with Gasteiger partial charge in [-0.2, -0.15) is 0 Å². The molecule has 5 N–H and O–H groups in total. The highest BCUT2D eigenvalue weighted by Gasteiger charge is 2.33. The molecule has 0 bridgehead atoms. The first-order valence-electron chi connectivity index (χ1n) is 3.48. The minimum atomic E-state index is -4.96. The van der Waals surface area contributed by atoms with Gasteiger partial charge in [-0.05, 0) is 0 Å². The molecule has 0 amide bonds. The van der Waals surface area contributed by atoms with Crippen LogP contribution in [0.2, 0.25) is 0 Å². The number of phosphoric acid groups is 1. The number of Topliss-reactive ketones (excluding diaryl/α,β-unsaturated/α-hetero) is 1. The van der Waals surface area contributed by atoms with Crippen molar-refractivity contribution in [2.75, 3.05) is 13.2 Å². The van der Waals surface area contributed by atoms with Crippen LogP contribution in [-0.2, 0) is 13.9 Å². The van der Waals surface area contributed by atoms with Crippen molar-refractivity contribution in [2.24, 2.45) is 0 Å². The van der Waals surface area contributed by atoms with E-state index >= 15 is 0 Å².